The summed E-state index contributed by atoms with van der Waals surface area (Å²) < 4.78 is 23.4. The molecule has 0 aromatic heterocycles. The van der Waals surface area contributed by atoms with Gasteiger partial charge in [-0.2, -0.15) is 0 Å². The van der Waals surface area contributed by atoms with Crippen molar-refractivity contribution >= 4 is 9.84 Å². The number of nitrogens with two attached hydrogens (primary N) is 1. The highest BCUT2D eigenvalue weighted by molar-refractivity contribution is 7.91. The van der Waals surface area contributed by atoms with E-state index in [9.17, 15) is 8.42 Å². The largest absolute Gasteiger partial charge is 0.330 e. The summed E-state index contributed by atoms with van der Waals surface area (Å²) in [6.07, 6.45) is 1.47. The predicted molar refractivity (Wildman–Crippen MR) is 74.4 cm³/mol. The first-order chi connectivity index (χ1) is 8.36. The number of aryl methyl sites for hydroxylation is 2. The molecule has 100 valence electrons. The van der Waals surface area contributed by atoms with Crippen LogP contribution in [0.15, 0.2) is 18.2 Å². The maximum atomic E-state index is 11.7. The van der Waals surface area contributed by atoms with E-state index in [-0.39, 0.29) is 16.9 Å². The Balaban J connectivity index is 2.29. The van der Waals surface area contributed by atoms with Gasteiger partial charge >= 0.3 is 0 Å². The van der Waals surface area contributed by atoms with Gasteiger partial charge in [0.05, 0.1) is 11.5 Å². The molecule has 0 amide bonds. The first kappa shape index (κ1) is 13.6. The first-order valence-electron chi connectivity index (χ1n) is 6.32. The van der Waals surface area contributed by atoms with Gasteiger partial charge in [0.25, 0.3) is 0 Å². The van der Waals surface area contributed by atoms with Crippen LogP contribution < -0.4 is 5.73 Å². The van der Waals surface area contributed by atoms with E-state index in [2.05, 4.69) is 32.0 Å². The number of benzene rings is 1. The molecule has 1 aromatic rings. The molecule has 0 saturated carbocycles. The van der Waals surface area contributed by atoms with Gasteiger partial charge in [0.15, 0.2) is 9.84 Å². The lowest BCUT2D eigenvalue weighted by Crippen LogP contribution is -2.34. The maximum absolute atomic E-state index is 11.7. The Kier molecular flexibility index (Phi) is 3.52. The summed E-state index contributed by atoms with van der Waals surface area (Å²) in [5.41, 5.74) is 9.27. The van der Waals surface area contributed by atoms with Gasteiger partial charge in [-0.05, 0) is 44.4 Å². The second-order valence-electron chi connectivity index (χ2n) is 5.65. The first-order valence-corrected chi connectivity index (χ1v) is 8.15. The van der Waals surface area contributed by atoms with Crippen LogP contribution in [0, 0.1) is 19.3 Å². The third kappa shape index (κ3) is 2.75. The van der Waals surface area contributed by atoms with Crippen molar-refractivity contribution in [2.45, 2.75) is 26.7 Å². The highest BCUT2D eigenvalue weighted by Gasteiger charge is 2.41. The minimum atomic E-state index is -2.89. The molecule has 1 aliphatic rings. The van der Waals surface area contributed by atoms with Gasteiger partial charge in [0.2, 0.25) is 0 Å². The van der Waals surface area contributed by atoms with Gasteiger partial charge in [-0.25, -0.2) is 8.42 Å². The molecule has 18 heavy (non-hydrogen) atoms. The maximum Gasteiger partial charge on any atom is 0.150 e. The fourth-order valence-corrected chi connectivity index (χ4v) is 4.94. The highest BCUT2D eigenvalue weighted by atomic mass is 32.2. The molecular formula is C14H21NO2S. The number of hydrogen-bond acceptors (Lipinski definition) is 3. The third-order valence-corrected chi connectivity index (χ3v) is 5.85. The van der Waals surface area contributed by atoms with Crippen molar-refractivity contribution in [3.8, 4) is 0 Å². The van der Waals surface area contributed by atoms with Crippen molar-refractivity contribution in [1.29, 1.82) is 0 Å². The van der Waals surface area contributed by atoms with E-state index < -0.39 is 9.84 Å². The summed E-state index contributed by atoms with van der Waals surface area (Å²) in [4.78, 5) is 0. The van der Waals surface area contributed by atoms with E-state index in [0.29, 0.717) is 13.0 Å². The van der Waals surface area contributed by atoms with Gasteiger partial charge in [-0.15, -0.1) is 0 Å². The molecule has 0 aliphatic carbocycles. The molecule has 1 aliphatic heterocycles. The van der Waals surface area contributed by atoms with Gasteiger partial charge in [0.1, 0.15) is 0 Å². The van der Waals surface area contributed by atoms with Crippen LogP contribution in [0.5, 0.6) is 0 Å². The van der Waals surface area contributed by atoms with Crippen LogP contribution in [-0.2, 0) is 16.3 Å². The Morgan fingerprint density at radius 1 is 1.33 bits per heavy atom. The third-order valence-electron chi connectivity index (χ3n) is 3.97. The second-order valence-corrected chi connectivity index (χ2v) is 7.84. The zero-order valence-corrected chi connectivity index (χ0v) is 11.9. The lowest BCUT2D eigenvalue weighted by atomic mass is 9.80. The second kappa shape index (κ2) is 4.67. The molecule has 2 rings (SSSR count). The molecule has 1 fully saturated rings. The minimum Gasteiger partial charge on any atom is -0.330 e. The Labute approximate surface area is 109 Å². The highest BCUT2D eigenvalue weighted by Crippen LogP contribution is 2.35. The lowest BCUT2D eigenvalue weighted by Gasteiger charge is -2.26. The Bertz CT molecular complexity index is 551. The van der Waals surface area contributed by atoms with Gasteiger partial charge in [-0.3, -0.25) is 0 Å². The average Bonchev–Trinajstić information content (AvgIpc) is 2.60. The molecule has 4 heteroatoms. The molecule has 1 atom stereocenters. The molecule has 1 unspecified atom stereocenters. The fourth-order valence-electron chi connectivity index (χ4n) is 2.75. The van der Waals surface area contributed by atoms with Crippen LogP contribution in [0.4, 0.5) is 0 Å². The van der Waals surface area contributed by atoms with Crippen molar-refractivity contribution in [2.24, 2.45) is 11.1 Å². The SMILES string of the molecule is Cc1ccc(C)c(CC2(CN)CCS(=O)(=O)C2)c1. The molecule has 2 N–H and O–H groups in total. The summed E-state index contributed by atoms with van der Waals surface area (Å²) >= 11 is 0. The van der Waals surface area contributed by atoms with E-state index in [1.807, 2.05) is 0 Å². The van der Waals surface area contributed by atoms with Crippen LogP contribution in [0.2, 0.25) is 0 Å². The zero-order valence-electron chi connectivity index (χ0n) is 11.1. The molecular weight excluding hydrogens is 246 g/mol. The van der Waals surface area contributed by atoms with E-state index in [4.69, 9.17) is 5.73 Å². The average molecular weight is 267 g/mol. The number of sulfone groups is 1. The molecule has 0 bridgehead atoms. The molecule has 1 saturated heterocycles. The van der Waals surface area contributed by atoms with Crippen LogP contribution in [-0.4, -0.2) is 26.5 Å². The van der Waals surface area contributed by atoms with Gasteiger partial charge < -0.3 is 5.73 Å². The topological polar surface area (TPSA) is 60.2 Å². The van der Waals surface area contributed by atoms with Crippen LogP contribution in [0.25, 0.3) is 0 Å². The van der Waals surface area contributed by atoms with Crippen molar-refractivity contribution < 1.29 is 8.42 Å². The standard InChI is InChI=1S/C14H21NO2S/c1-11-3-4-12(2)13(7-11)8-14(9-15)5-6-18(16,17)10-14/h3-4,7H,5-6,8-10,15H2,1-2H3. The van der Waals surface area contributed by atoms with Gasteiger partial charge in [-0.1, -0.05) is 23.8 Å². The Morgan fingerprint density at radius 3 is 2.61 bits per heavy atom. The monoisotopic (exact) mass is 267 g/mol. The summed E-state index contributed by atoms with van der Waals surface area (Å²) in [5, 5.41) is 0. The quantitative estimate of drug-likeness (QED) is 0.905. The summed E-state index contributed by atoms with van der Waals surface area (Å²) in [6, 6.07) is 6.33. The fraction of sp³-hybridized carbons (Fsp3) is 0.571. The Morgan fingerprint density at radius 2 is 2.06 bits per heavy atom. The predicted octanol–water partition coefficient (Wildman–Crippen LogP) is 1.61. The van der Waals surface area contributed by atoms with Crippen LogP contribution >= 0.6 is 0 Å². The van der Waals surface area contributed by atoms with Gasteiger partial charge in [0, 0.05) is 5.41 Å². The summed E-state index contributed by atoms with van der Waals surface area (Å²) in [5.74, 6) is 0.527. The van der Waals surface area contributed by atoms with Crippen molar-refractivity contribution in [2.75, 3.05) is 18.1 Å². The lowest BCUT2D eigenvalue weighted by molar-refractivity contribution is 0.344. The van der Waals surface area contributed by atoms with Crippen molar-refractivity contribution in [3.63, 3.8) is 0 Å². The molecule has 0 spiro atoms. The summed E-state index contributed by atoms with van der Waals surface area (Å²) in [6.45, 7) is 4.57. The molecule has 3 nitrogen and oxygen atoms in total. The zero-order chi connectivity index (χ0) is 13.4. The van der Waals surface area contributed by atoms with E-state index in [0.717, 1.165) is 6.42 Å². The van der Waals surface area contributed by atoms with E-state index >= 15 is 0 Å². The molecule has 0 radical (unpaired) electrons. The normalized spacial score (nSPS) is 26.4. The van der Waals surface area contributed by atoms with Crippen molar-refractivity contribution in [1.82, 2.24) is 0 Å². The minimum absolute atomic E-state index is 0.240. The smallest absolute Gasteiger partial charge is 0.150 e. The Hall–Kier alpha value is -0.870. The molecule has 1 heterocycles. The van der Waals surface area contributed by atoms with Crippen molar-refractivity contribution in [3.05, 3.63) is 34.9 Å². The van der Waals surface area contributed by atoms with E-state index in [1.54, 1.807) is 0 Å². The van der Waals surface area contributed by atoms with Crippen LogP contribution in [0.3, 0.4) is 0 Å². The number of rotatable bonds is 3. The number of hydrogen-bond donors (Lipinski definition) is 1. The molecule has 1 aromatic carbocycles. The van der Waals surface area contributed by atoms with E-state index in [1.165, 1.54) is 16.7 Å². The summed E-state index contributed by atoms with van der Waals surface area (Å²) in [7, 11) is -2.89. The van der Waals surface area contributed by atoms with Crippen LogP contribution in [0.1, 0.15) is 23.1 Å².